The summed E-state index contributed by atoms with van der Waals surface area (Å²) in [6, 6.07) is 0. The van der Waals surface area contributed by atoms with Gasteiger partial charge in [-0.25, -0.2) is 0 Å². The maximum absolute atomic E-state index is 11.9. The summed E-state index contributed by atoms with van der Waals surface area (Å²) in [5, 5.41) is 0. The van der Waals surface area contributed by atoms with Crippen molar-refractivity contribution in [2.75, 3.05) is 6.61 Å². The molecule has 0 N–H and O–H groups in total. The molecule has 3 saturated carbocycles. The number of fused-ring (bicyclic) bond motifs is 3. The normalized spacial score (nSPS) is 36.9. The smallest absolute Gasteiger partial charge is 0.309 e. The minimum absolute atomic E-state index is 0.0725. The summed E-state index contributed by atoms with van der Waals surface area (Å²) in [5.74, 6) is 2.29. The Morgan fingerprint density at radius 1 is 1.18 bits per heavy atom. The molecule has 2 nitrogen and oxygen atoms in total. The second-order valence-electron chi connectivity index (χ2n) is 6.91. The third-order valence-electron chi connectivity index (χ3n) is 4.88. The average molecular weight is 238 g/mol. The molecule has 0 spiro atoms. The molecule has 0 aromatic carbocycles. The van der Waals surface area contributed by atoms with Crippen LogP contribution in [0.3, 0.4) is 0 Å². The highest BCUT2D eigenvalue weighted by atomic mass is 16.5. The molecule has 0 saturated heterocycles. The second-order valence-corrected chi connectivity index (χ2v) is 6.91. The summed E-state index contributed by atoms with van der Waals surface area (Å²) < 4.78 is 5.22. The first-order valence-corrected chi connectivity index (χ1v) is 7.10. The van der Waals surface area contributed by atoms with E-state index in [0.29, 0.717) is 23.9 Å². The highest BCUT2D eigenvalue weighted by Crippen LogP contribution is 2.53. The van der Waals surface area contributed by atoms with Gasteiger partial charge in [-0.2, -0.15) is 0 Å². The molecule has 0 radical (unpaired) electrons. The Hall–Kier alpha value is -0.530. The fourth-order valence-electron chi connectivity index (χ4n) is 3.72. The molecule has 4 unspecified atom stereocenters. The van der Waals surface area contributed by atoms with E-state index in [2.05, 4.69) is 20.8 Å². The highest BCUT2D eigenvalue weighted by molar-refractivity contribution is 5.74. The first-order valence-electron chi connectivity index (χ1n) is 7.10. The van der Waals surface area contributed by atoms with Crippen LogP contribution in [0.4, 0.5) is 0 Å². The molecule has 0 aromatic rings. The Balaban J connectivity index is 2.01. The van der Waals surface area contributed by atoms with Crippen LogP contribution < -0.4 is 0 Å². The first kappa shape index (κ1) is 12.9. The zero-order chi connectivity index (χ0) is 12.6. The Kier molecular flexibility index (Phi) is 3.51. The Labute approximate surface area is 105 Å². The van der Waals surface area contributed by atoms with E-state index >= 15 is 0 Å². The topological polar surface area (TPSA) is 26.3 Å². The van der Waals surface area contributed by atoms with Crippen molar-refractivity contribution in [2.45, 2.75) is 53.4 Å². The van der Waals surface area contributed by atoms with Gasteiger partial charge in [-0.05, 0) is 55.8 Å². The summed E-state index contributed by atoms with van der Waals surface area (Å²) in [6.07, 6.45) is 5.00. The summed E-state index contributed by atoms with van der Waals surface area (Å²) in [5.41, 5.74) is 0.386. The second kappa shape index (κ2) is 4.62. The van der Waals surface area contributed by atoms with Gasteiger partial charge in [0.15, 0.2) is 0 Å². The molecule has 17 heavy (non-hydrogen) atoms. The minimum Gasteiger partial charge on any atom is -0.466 e. The molecule has 2 bridgehead atoms. The van der Waals surface area contributed by atoms with Gasteiger partial charge in [0.25, 0.3) is 0 Å². The predicted octanol–water partition coefficient (Wildman–Crippen LogP) is 3.65. The van der Waals surface area contributed by atoms with Crippen LogP contribution in [0.5, 0.6) is 0 Å². The van der Waals surface area contributed by atoms with Gasteiger partial charge < -0.3 is 4.74 Å². The standard InChI is InChI=1S/C15H26O2/c1-5-17-14(16)13-10-6-7-12(15(2,3)4)9-11(13)8-10/h10-13H,5-9H2,1-4H3. The van der Waals surface area contributed by atoms with E-state index in [9.17, 15) is 4.79 Å². The van der Waals surface area contributed by atoms with Crippen molar-refractivity contribution in [3.8, 4) is 0 Å². The van der Waals surface area contributed by atoms with E-state index in [-0.39, 0.29) is 11.9 Å². The lowest BCUT2D eigenvalue weighted by molar-refractivity contribution is -0.159. The fourth-order valence-corrected chi connectivity index (χ4v) is 3.72. The highest BCUT2D eigenvalue weighted by Gasteiger charge is 2.50. The van der Waals surface area contributed by atoms with Gasteiger partial charge in [-0.3, -0.25) is 4.79 Å². The van der Waals surface area contributed by atoms with Gasteiger partial charge in [0.1, 0.15) is 0 Å². The molecule has 3 fully saturated rings. The van der Waals surface area contributed by atoms with Gasteiger partial charge in [0.05, 0.1) is 12.5 Å². The lowest BCUT2D eigenvalue weighted by atomic mass is 9.63. The molecule has 3 aliphatic carbocycles. The first-order chi connectivity index (χ1) is 7.93. The van der Waals surface area contributed by atoms with Crippen molar-refractivity contribution in [1.29, 1.82) is 0 Å². The van der Waals surface area contributed by atoms with E-state index in [4.69, 9.17) is 4.74 Å². The average Bonchev–Trinajstić information content (AvgIpc) is 2.47. The summed E-state index contributed by atoms with van der Waals surface area (Å²) in [6.45, 7) is 9.43. The molecule has 4 atom stereocenters. The molecule has 0 aromatic heterocycles. The molecule has 2 heteroatoms. The number of carbonyl (C=O) groups is 1. The number of carbonyl (C=O) groups excluding carboxylic acids is 1. The van der Waals surface area contributed by atoms with Crippen LogP contribution in [0, 0.1) is 29.1 Å². The Bertz CT molecular complexity index is 290. The van der Waals surface area contributed by atoms with Crippen LogP contribution in [0.1, 0.15) is 53.4 Å². The lowest BCUT2D eigenvalue weighted by Crippen LogP contribution is -2.42. The monoisotopic (exact) mass is 238 g/mol. The molecular weight excluding hydrogens is 212 g/mol. The fraction of sp³-hybridized carbons (Fsp3) is 0.933. The van der Waals surface area contributed by atoms with Gasteiger partial charge in [0.2, 0.25) is 0 Å². The van der Waals surface area contributed by atoms with Crippen molar-refractivity contribution < 1.29 is 9.53 Å². The predicted molar refractivity (Wildman–Crippen MR) is 68.5 cm³/mol. The summed E-state index contributed by atoms with van der Waals surface area (Å²) in [7, 11) is 0. The largest absolute Gasteiger partial charge is 0.466 e. The van der Waals surface area contributed by atoms with Gasteiger partial charge in [-0.1, -0.05) is 20.8 Å². The summed E-state index contributed by atoms with van der Waals surface area (Å²) in [4.78, 5) is 11.9. The maximum atomic E-state index is 11.9. The van der Waals surface area contributed by atoms with Crippen LogP contribution in [-0.4, -0.2) is 12.6 Å². The Morgan fingerprint density at radius 3 is 2.47 bits per heavy atom. The molecule has 3 rings (SSSR count). The number of esters is 1. The van der Waals surface area contributed by atoms with Gasteiger partial charge >= 0.3 is 5.97 Å². The zero-order valence-corrected chi connectivity index (χ0v) is 11.7. The third kappa shape index (κ3) is 2.51. The quantitative estimate of drug-likeness (QED) is 0.686. The van der Waals surface area contributed by atoms with Gasteiger partial charge in [0, 0.05) is 0 Å². The van der Waals surface area contributed by atoms with E-state index in [0.717, 1.165) is 5.92 Å². The van der Waals surface area contributed by atoms with Crippen LogP contribution in [0.15, 0.2) is 0 Å². The van der Waals surface area contributed by atoms with E-state index in [1.165, 1.54) is 25.7 Å². The maximum Gasteiger partial charge on any atom is 0.309 e. The van der Waals surface area contributed by atoms with E-state index in [1.54, 1.807) is 0 Å². The van der Waals surface area contributed by atoms with Crippen LogP contribution in [0.25, 0.3) is 0 Å². The lowest BCUT2D eigenvalue weighted by Gasteiger charge is -2.42. The van der Waals surface area contributed by atoms with E-state index < -0.39 is 0 Å². The third-order valence-corrected chi connectivity index (χ3v) is 4.88. The number of rotatable bonds is 2. The van der Waals surface area contributed by atoms with Crippen molar-refractivity contribution >= 4 is 5.97 Å². The molecule has 0 aliphatic heterocycles. The number of hydrogen-bond acceptors (Lipinski definition) is 2. The van der Waals surface area contributed by atoms with E-state index in [1.807, 2.05) is 6.92 Å². The molecular formula is C15H26O2. The SMILES string of the molecule is CCOC(=O)C1C2CCC(C(C)(C)C)CC1C2. The van der Waals surface area contributed by atoms with Crippen LogP contribution in [-0.2, 0) is 9.53 Å². The van der Waals surface area contributed by atoms with Crippen molar-refractivity contribution in [3.05, 3.63) is 0 Å². The molecule has 3 aliphatic rings. The van der Waals surface area contributed by atoms with Crippen LogP contribution >= 0.6 is 0 Å². The zero-order valence-electron chi connectivity index (χ0n) is 11.7. The minimum atomic E-state index is 0.0725. The van der Waals surface area contributed by atoms with Gasteiger partial charge in [-0.15, -0.1) is 0 Å². The van der Waals surface area contributed by atoms with Crippen LogP contribution in [0.2, 0.25) is 0 Å². The van der Waals surface area contributed by atoms with Crippen molar-refractivity contribution in [3.63, 3.8) is 0 Å². The number of ether oxygens (including phenoxy) is 1. The number of hydrogen-bond donors (Lipinski definition) is 0. The Morgan fingerprint density at radius 2 is 1.88 bits per heavy atom. The molecule has 0 amide bonds. The molecule has 0 heterocycles. The van der Waals surface area contributed by atoms with Crippen molar-refractivity contribution in [1.82, 2.24) is 0 Å². The summed E-state index contributed by atoms with van der Waals surface area (Å²) >= 11 is 0. The molecule has 98 valence electrons. The van der Waals surface area contributed by atoms with Crippen molar-refractivity contribution in [2.24, 2.45) is 29.1 Å².